The van der Waals surface area contributed by atoms with Crippen molar-refractivity contribution in [2.24, 2.45) is 5.92 Å². The van der Waals surface area contributed by atoms with Gasteiger partial charge in [0, 0.05) is 6.54 Å². The van der Waals surface area contributed by atoms with Gasteiger partial charge in [0.15, 0.2) is 0 Å². The number of hydrogen-bond acceptors (Lipinski definition) is 3. The first-order chi connectivity index (χ1) is 11.7. The third kappa shape index (κ3) is 4.44. The molecule has 1 heterocycles. The second-order valence-electron chi connectivity index (χ2n) is 6.31. The van der Waals surface area contributed by atoms with Crippen LogP contribution in [-0.4, -0.2) is 46.4 Å². The predicted octanol–water partition coefficient (Wildman–Crippen LogP) is 2.82. The number of nitrogens with one attached hydrogen (secondary N) is 1. The van der Waals surface area contributed by atoms with Gasteiger partial charge in [0.05, 0.1) is 15.6 Å². The molecule has 0 saturated carbocycles. The van der Waals surface area contributed by atoms with Crippen LogP contribution >= 0.6 is 23.2 Å². The molecule has 3 unspecified atom stereocenters. The highest BCUT2D eigenvalue weighted by Crippen LogP contribution is 2.26. The summed E-state index contributed by atoms with van der Waals surface area (Å²) in [5, 5.41) is 12.3. The number of nitrogens with zero attached hydrogens (tertiary/aromatic N) is 1. The molecule has 1 fully saturated rings. The second-order valence-corrected chi connectivity index (χ2v) is 7.10. The SMILES string of the molecule is CC1CCN(C(=O)C(C)NC(=O)c2cccc(Cl)c2Cl)C(C(=O)O)C1. The third-order valence-electron chi connectivity index (χ3n) is 4.35. The number of amides is 2. The molecule has 2 N–H and O–H groups in total. The Bertz CT molecular complexity index is 695. The van der Waals surface area contributed by atoms with E-state index in [1.807, 2.05) is 6.92 Å². The van der Waals surface area contributed by atoms with Gasteiger partial charge < -0.3 is 15.3 Å². The van der Waals surface area contributed by atoms with Crippen LogP contribution in [-0.2, 0) is 9.59 Å². The summed E-state index contributed by atoms with van der Waals surface area (Å²) in [6, 6.07) is 2.90. The molecule has 0 radical (unpaired) electrons. The average molecular weight is 387 g/mol. The first kappa shape index (κ1) is 19.5. The van der Waals surface area contributed by atoms with Crippen molar-refractivity contribution in [1.29, 1.82) is 0 Å². The van der Waals surface area contributed by atoms with Crippen LogP contribution in [0.3, 0.4) is 0 Å². The van der Waals surface area contributed by atoms with Crippen LogP contribution in [0.15, 0.2) is 18.2 Å². The van der Waals surface area contributed by atoms with E-state index in [0.29, 0.717) is 13.0 Å². The lowest BCUT2D eigenvalue weighted by Gasteiger charge is -2.37. The molecule has 1 aliphatic heterocycles. The van der Waals surface area contributed by atoms with Crippen molar-refractivity contribution < 1.29 is 19.5 Å². The number of rotatable bonds is 4. The lowest BCUT2D eigenvalue weighted by Crippen LogP contribution is -2.55. The Kier molecular flexibility index (Phi) is 6.30. The molecule has 3 atom stereocenters. The first-order valence-electron chi connectivity index (χ1n) is 8.00. The van der Waals surface area contributed by atoms with Crippen molar-refractivity contribution >= 4 is 41.0 Å². The van der Waals surface area contributed by atoms with Crippen LogP contribution in [0.4, 0.5) is 0 Å². The Balaban J connectivity index is 2.10. The van der Waals surface area contributed by atoms with Crippen LogP contribution in [0.25, 0.3) is 0 Å². The summed E-state index contributed by atoms with van der Waals surface area (Å²) in [6.45, 7) is 3.84. The number of benzene rings is 1. The monoisotopic (exact) mass is 386 g/mol. The van der Waals surface area contributed by atoms with Crippen molar-refractivity contribution in [3.8, 4) is 0 Å². The van der Waals surface area contributed by atoms with E-state index in [9.17, 15) is 19.5 Å². The van der Waals surface area contributed by atoms with Gasteiger partial charge in [0.1, 0.15) is 12.1 Å². The third-order valence-corrected chi connectivity index (χ3v) is 5.17. The van der Waals surface area contributed by atoms with Crippen molar-refractivity contribution in [1.82, 2.24) is 10.2 Å². The average Bonchev–Trinajstić information content (AvgIpc) is 2.56. The van der Waals surface area contributed by atoms with E-state index in [4.69, 9.17) is 23.2 Å². The fraction of sp³-hybridized carbons (Fsp3) is 0.471. The maximum atomic E-state index is 12.6. The zero-order valence-electron chi connectivity index (χ0n) is 14.0. The van der Waals surface area contributed by atoms with Gasteiger partial charge in [0.2, 0.25) is 5.91 Å². The normalized spacial score (nSPS) is 21.5. The molecular formula is C17H20Cl2N2O4. The Morgan fingerprint density at radius 1 is 1.32 bits per heavy atom. The number of carbonyl (C=O) groups excluding carboxylic acids is 2. The molecule has 0 aliphatic carbocycles. The Morgan fingerprint density at radius 3 is 2.64 bits per heavy atom. The molecule has 8 heteroatoms. The van der Waals surface area contributed by atoms with Crippen LogP contribution < -0.4 is 5.32 Å². The minimum Gasteiger partial charge on any atom is -0.480 e. The number of piperidine rings is 1. The summed E-state index contributed by atoms with van der Waals surface area (Å²) < 4.78 is 0. The molecule has 1 aliphatic rings. The Hall–Kier alpha value is -1.79. The molecular weight excluding hydrogens is 367 g/mol. The minimum absolute atomic E-state index is 0.108. The molecule has 2 rings (SSSR count). The highest BCUT2D eigenvalue weighted by atomic mass is 35.5. The molecule has 0 spiro atoms. The number of carboxylic acid groups (broad SMARTS) is 1. The van der Waals surface area contributed by atoms with Gasteiger partial charge >= 0.3 is 5.97 Å². The standard InChI is InChI=1S/C17H20Cl2N2O4/c1-9-6-7-21(13(8-9)17(24)25)16(23)10(2)20-15(22)11-4-3-5-12(18)14(11)19/h3-5,9-10,13H,6-8H2,1-2H3,(H,20,22)(H,24,25). The lowest BCUT2D eigenvalue weighted by atomic mass is 9.92. The summed E-state index contributed by atoms with van der Waals surface area (Å²) in [4.78, 5) is 37.7. The molecule has 1 saturated heterocycles. The molecule has 0 aromatic heterocycles. The molecule has 25 heavy (non-hydrogen) atoms. The molecule has 0 bridgehead atoms. The van der Waals surface area contributed by atoms with E-state index in [2.05, 4.69) is 5.32 Å². The summed E-state index contributed by atoms with van der Waals surface area (Å²) in [5.41, 5.74) is 0.163. The van der Waals surface area contributed by atoms with Gasteiger partial charge in [-0.2, -0.15) is 0 Å². The smallest absolute Gasteiger partial charge is 0.326 e. The van der Waals surface area contributed by atoms with Crippen LogP contribution in [0, 0.1) is 5.92 Å². The lowest BCUT2D eigenvalue weighted by molar-refractivity contribution is -0.153. The highest BCUT2D eigenvalue weighted by molar-refractivity contribution is 6.43. The molecule has 1 aromatic rings. The highest BCUT2D eigenvalue weighted by Gasteiger charge is 2.36. The number of aliphatic carboxylic acids is 1. The van der Waals surface area contributed by atoms with E-state index >= 15 is 0 Å². The van der Waals surface area contributed by atoms with E-state index in [-0.39, 0.29) is 21.5 Å². The van der Waals surface area contributed by atoms with Gasteiger partial charge in [-0.25, -0.2) is 4.79 Å². The second kappa shape index (κ2) is 8.06. The fourth-order valence-electron chi connectivity index (χ4n) is 2.90. The van der Waals surface area contributed by atoms with E-state index in [1.165, 1.54) is 17.9 Å². The zero-order valence-corrected chi connectivity index (χ0v) is 15.5. The van der Waals surface area contributed by atoms with Gasteiger partial charge in [-0.1, -0.05) is 36.2 Å². The molecule has 2 amide bonds. The number of halogens is 2. The van der Waals surface area contributed by atoms with Crippen molar-refractivity contribution in [2.45, 2.75) is 38.8 Å². The van der Waals surface area contributed by atoms with Gasteiger partial charge in [-0.05, 0) is 37.8 Å². The van der Waals surface area contributed by atoms with Crippen LogP contribution in [0.1, 0.15) is 37.0 Å². The number of carbonyl (C=O) groups is 3. The number of carboxylic acids is 1. The number of hydrogen-bond donors (Lipinski definition) is 2. The fourth-order valence-corrected chi connectivity index (χ4v) is 3.29. The summed E-state index contributed by atoms with van der Waals surface area (Å²) in [7, 11) is 0. The van der Waals surface area contributed by atoms with Gasteiger partial charge in [-0.15, -0.1) is 0 Å². The zero-order chi connectivity index (χ0) is 18.7. The van der Waals surface area contributed by atoms with Crippen LogP contribution in [0.2, 0.25) is 10.0 Å². The summed E-state index contributed by atoms with van der Waals surface area (Å²) in [6.07, 6.45) is 1.14. The van der Waals surface area contributed by atoms with Crippen molar-refractivity contribution in [2.75, 3.05) is 6.54 Å². The molecule has 1 aromatic carbocycles. The maximum Gasteiger partial charge on any atom is 0.326 e. The first-order valence-corrected chi connectivity index (χ1v) is 8.76. The molecule has 6 nitrogen and oxygen atoms in total. The van der Waals surface area contributed by atoms with Crippen LogP contribution in [0.5, 0.6) is 0 Å². The Labute approximate surface area is 156 Å². The minimum atomic E-state index is -1.03. The number of likely N-dealkylation sites (tertiary alicyclic amines) is 1. The van der Waals surface area contributed by atoms with E-state index in [0.717, 1.165) is 6.42 Å². The van der Waals surface area contributed by atoms with E-state index < -0.39 is 29.9 Å². The topological polar surface area (TPSA) is 86.7 Å². The van der Waals surface area contributed by atoms with Gasteiger partial charge in [0.25, 0.3) is 5.91 Å². The summed E-state index contributed by atoms with van der Waals surface area (Å²) >= 11 is 11.9. The van der Waals surface area contributed by atoms with E-state index in [1.54, 1.807) is 12.1 Å². The maximum absolute atomic E-state index is 12.6. The quantitative estimate of drug-likeness (QED) is 0.832. The predicted molar refractivity (Wildman–Crippen MR) is 94.9 cm³/mol. The van der Waals surface area contributed by atoms with Crippen molar-refractivity contribution in [3.63, 3.8) is 0 Å². The Morgan fingerprint density at radius 2 is 2.00 bits per heavy atom. The largest absolute Gasteiger partial charge is 0.480 e. The van der Waals surface area contributed by atoms with Crippen molar-refractivity contribution in [3.05, 3.63) is 33.8 Å². The molecule has 136 valence electrons. The van der Waals surface area contributed by atoms with Gasteiger partial charge in [-0.3, -0.25) is 9.59 Å². The summed E-state index contributed by atoms with van der Waals surface area (Å²) in [5.74, 6) is -1.76.